The lowest BCUT2D eigenvalue weighted by molar-refractivity contribution is -0.119. The fourth-order valence-electron chi connectivity index (χ4n) is 3.41. The van der Waals surface area contributed by atoms with E-state index < -0.39 is 11.9 Å². The summed E-state index contributed by atoms with van der Waals surface area (Å²) < 4.78 is 21.0. The second kappa shape index (κ2) is 9.17. The molecular formula is C21H25NO6S. The number of anilines is 1. The highest BCUT2D eigenvalue weighted by Gasteiger charge is 2.24. The Labute approximate surface area is 173 Å². The van der Waals surface area contributed by atoms with E-state index in [0.717, 1.165) is 24.8 Å². The molecule has 1 heterocycles. The van der Waals surface area contributed by atoms with Crippen LogP contribution < -0.4 is 19.5 Å². The Balaban J connectivity index is 1.63. The number of fused-ring (bicyclic) bond motifs is 1. The summed E-state index contributed by atoms with van der Waals surface area (Å²) in [7, 11) is 4.49. The van der Waals surface area contributed by atoms with Crippen LogP contribution in [0, 0.1) is 5.92 Å². The molecular weight excluding hydrogens is 394 g/mol. The molecule has 156 valence electrons. The van der Waals surface area contributed by atoms with Crippen LogP contribution in [0.15, 0.2) is 17.5 Å². The summed E-state index contributed by atoms with van der Waals surface area (Å²) in [6, 6.07) is 3.22. The zero-order valence-corrected chi connectivity index (χ0v) is 17.8. The molecule has 1 atom stereocenters. The molecule has 0 fully saturated rings. The molecule has 0 saturated heterocycles. The minimum atomic E-state index is -0.461. The van der Waals surface area contributed by atoms with E-state index in [1.165, 1.54) is 26.2 Å². The van der Waals surface area contributed by atoms with E-state index >= 15 is 0 Å². The Morgan fingerprint density at radius 3 is 2.45 bits per heavy atom. The lowest BCUT2D eigenvalue weighted by Crippen LogP contribution is -2.21. The Hall–Kier alpha value is -2.74. The number of nitrogens with one attached hydrogen (secondary N) is 1. The lowest BCUT2D eigenvalue weighted by Gasteiger charge is -2.18. The molecule has 0 aliphatic heterocycles. The fourth-order valence-corrected chi connectivity index (χ4v) is 4.64. The van der Waals surface area contributed by atoms with Gasteiger partial charge >= 0.3 is 5.97 Å². The van der Waals surface area contributed by atoms with Crippen molar-refractivity contribution in [3.8, 4) is 17.2 Å². The van der Waals surface area contributed by atoms with Crippen molar-refractivity contribution in [1.82, 2.24) is 0 Å². The van der Waals surface area contributed by atoms with Gasteiger partial charge < -0.3 is 24.3 Å². The molecule has 1 amide bonds. The number of carbonyl (C=O) groups excluding carboxylic acids is 2. The number of benzene rings is 1. The van der Waals surface area contributed by atoms with Crippen molar-refractivity contribution < 1.29 is 28.5 Å². The number of methoxy groups -OCH3 is 3. The van der Waals surface area contributed by atoms with Gasteiger partial charge in [-0.2, -0.15) is 0 Å². The normalized spacial score (nSPS) is 15.2. The van der Waals surface area contributed by atoms with Crippen molar-refractivity contribution in [2.24, 2.45) is 5.92 Å². The van der Waals surface area contributed by atoms with Gasteiger partial charge in [-0.25, -0.2) is 4.79 Å². The number of ether oxygens (including phenoxy) is 4. The van der Waals surface area contributed by atoms with E-state index in [1.54, 1.807) is 23.5 Å². The second-order valence-corrected chi connectivity index (χ2v) is 7.90. The minimum absolute atomic E-state index is 0.378. The van der Waals surface area contributed by atoms with Crippen molar-refractivity contribution in [1.29, 1.82) is 0 Å². The van der Waals surface area contributed by atoms with Gasteiger partial charge in [-0.3, -0.25) is 4.79 Å². The number of amides is 1. The van der Waals surface area contributed by atoms with Crippen LogP contribution in [0.3, 0.4) is 0 Å². The Bertz CT molecular complexity index is 882. The minimum Gasteiger partial charge on any atom is -0.493 e. The first-order valence-electron chi connectivity index (χ1n) is 9.33. The second-order valence-electron chi connectivity index (χ2n) is 6.94. The van der Waals surface area contributed by atoms with E-state index in [2.05, 4.69) is 12.2 Å². The van der Waals surface area contributed by atoms with Crippen LogP contribution in [0.2, 0.25) is 0 Å². The molecule has 1 N–H and O–H groups in total. The van der Waals surface area contributed by atoms with Gasteiger partial charge in [0.1, 0.15) is 0 Å². The van der Waals surface area contributed by atoms with Crippen LogP contribution in [0.1, 0.15) is 34.1 Å². The molecule has 0 unspecified atom stereocenters. The summed E-state index contributed by atoms with van der Waals surface area (Å²) in [6.45, 7) is 1.84. The van der Waals surface area contributed by atoms with Gasteiger partial charge in [0.15, 0.2) is 18.1 Å². The Kier molecular flexibility index (Phi) is 6.64. The van der Waals surface area contributed by atoms with Gasteiger partial charge in [0.25, 0.3) is 5.91 Å². The van der Waals surface area contributed by atoms with Crippen molar-refractivity contribution in [3.63, 3.8) is 0 Å². The number of esters is 1. The summed E-state index contributed by atoms with van der Waals surface area (Å²) in [5.74, 6) is 0.976. The summed E-state index contributed by atoms with van der Waals surface area (Å²) in [5, 5.41) is 4.52. The molecule has 8 heteroatoms. The quantitative estimate of drug-likeness (QED) is 0.689. The molecule has 3 rings (SSSR count). The molecule has 1 aliphatic carbocycles. The molecule has 0 radical (unpaired) electrons. The Morgan fingerprint density at radius 2 is 1.83 bits per heavy atom. The van der Waals surface area contributed by atoms with E-state index in [4.69, 9.17) is 18.9 Å². The van der Waals surface area contributed by atoms with Gasteiger partial charge in [0.2, 0.25) is 5.75 Å². The highest BCUT2D eigenvalue weighted by Crippen LogP contribution is 2.40. The third-order valence-electron chi connectivity index (χ3n) is 4.90. The first-order valence-corrected chi connectivity index (χ1v) is 10.2. The highest BCUT2D eigenvalue weighted by molar-refractivity contribution is 7.10. The van der Waals surface area contributed by atoms with Crippen LogP contribution in [-0.4, -0.2) is 39.8 Å². The topological polar surface area (TPSA) is 83.1 Å². The first kappa shape index (κ1) is 21.0. The molecule has 1 aliphatic rings. The smallest absolute Gasteiger partial charge is 0.339 e. The molecule has 7 nitrogen and oxygen atoms in total. The SMILES string of the molecule is COc1cc(NC(=O)COC(=O)c2csc3c2CC[C@@H](C)C3)cc(OC)c1OC. The summed E-state index contributed by atoms with van der Waals surface area (Å²) in [5.41, 5.74) is 2.10. The van der Waals surface area contributed by atoms with Crippen LogP contribution in [-0.2, 0) is 22.4 Å². The van der Waals surface area contributed by atoms with E-state index in [0.29, 0.717) is 34.4 Å². The van der Waals surface area contributed by atoms with Gasteiger partial charge in [0, 0.05) is 28.1 Å². The van der Waals surface area contributed by atoms with Gasteiger partial charge in [-0.15, -0.1) is 11.3 Å². The van der Waals surface area contributed by atoms with Gasteiger partial charge in [0.05, 0.1) is 26.9 Å². The predicted molar refractivity (Wildman–Crippen MR) is 111 cm³/mol. The predicted octanol–water partition coefficient (Wildman–Crippen LogP) is 3.69. The zero-order valence-electron chi connectivity index (χ0n) is 17.0. The van der Waals surface area contributed by atoms with E-state index in [-0.39, 0.29) is 6.61 Å². The van der Waals surface area contributed by atoms with Crippen molar-refractivity contribution in [3.05, 3.63) is 33.5 Å². The van der Waals surface area contributed by atoms with Gasteiger partial charge in [-0.1, -0.05) is 6.92 Å². The number of rotatable bonds is 7. The van der Waals surface area contributed by atoms with Crippen LogP contribution >= 0.6 is 11.3 Å². The number of hydrogen-bond acceptors (Lipinski definition) is 7. The number of carbonyl (C=O) groups is 2. The van der Waals surface area contributed by atoms with Crippen molar-refractivity contribution in [2.45, 2.75) is 26.2 Å². The molecule has 1 aromatic heterocycles. The highest BCUT2D eigenvalue weighted by atomic mass is 32.1. The fraction of sp³-hybridized carbons (Fsp3) is 0.429. The number of hydrogen-bond donors (Lipinski definition) is 1. The maximum absolute atomic E-state index is 12.4. The largest absolute Gasteiger partial charge is 0.493 e. The first-order chi connectivity index (χ1) is 14.0. The lowest BCUT2D eigenvalue weighted by atomic mass is 9.88. The van der Waals surface area contributed by atoms with Crippen LogP contribution in [0.25, 0.3) is 0 Å². The molecule has 2 aromatic rings. The monoisotopic (exact) mass is 419 g/mol. The van der Waals surface area contributed by atoms with Crippen molar-refractivity contribution >= 4 is 28.9 Å². The molecule has 0 saturated carbocycles. The average Bonchev–Trinajstić information content (AvgIpc) is 3.14. The van der Waals surface area contributed by atoms with E-state index in [1.807, 2.05) is 5.38 Å². The molecule has 0 bridgehead atoms. The van der Waals surface area contributed by atoms with Gasteiger partial charge in [-0.05, 0) is 30.7 Å². The van der Waals surface area contributed by atoms with Crippen molar-refractivity contribution in [2.75, 3.05) is 33.3 Å². The van der Waals surface area contributed by atoms with Crippen LogP contribution in [0.5, 0.6) is 17.2 Å². The number of thiophene rings is 1. The summed E-state index contributed by atoms with van der Waals surface area (Å²) >= 11 is 1.59. The third kappa shape index (κ3) is 4.64. The average molecular weight is 419 g/mol. The third-order valence-corrected chi connectivity index (χ3v) is 5.96. The zero-order chi connectivity index (χ0) is 21.0. The standard InChI is InChI=1S/C21H25NO6S/c1-12-5-6-14-15(11-29-18(14)7-12)21(24)28-10-19(23)22-13-8-16(25-2)20(27-4)17(9-13)26-3/h8-9,11-12H,5-7,10H2,1-4H3,(H,22,23)/t12-/m1/s1. The summed E-state index contributed by atoms with van der Waals surface area (Å²) in [4.78, 5) is 26.0. The summed E-state index contributed by atoms with van der Waals surface area (Å²) in [6.07, 6.45) is 2.93. The molecule has 0 spiro atoms. The van der Waals surface area contributed by atoms with E-state index in [9.17, 15) is 9.59 Å². The maximum atomic E-state index is 12.4. The Morgan fingerprint density at radius 1 is 1.14 bits per heavy atom. The molecule has 1 aromatic carbocycles. The molecule has 29 heavy (non-hydrogen) atoms. The van der Waals surface area contributed by atoms with Crippen LogP contribution in [0.4, 0.5) is 5.69 Å². The maximum Gasteiger partial charge on any atom is 0.339 e.